The van der Waals surface area contributed by atoms with Crippen molar-refractivity contribution in [3.05, 3.63) is 59.1 Å². The van der Waals surface area contributed by atoms with Crippen LogP contribution in [0.4, 0.5) is 0 Å². The van der Waals surface area contributed by atoms with Gasteiger partial charge in [-0.3, -0.25) is 0 Å². The lowest BCUT2D eigenvalue weighted by molar-refractivity contribution is 0.121. The Morgan fingerprint density at radius 2 is 1.79 bits per heavy atom. The maximum Gasteiger partial charge on any atom is 0.182 e. The van der Waals surface area contributed by atoms with Gasteiger partial charge in [-0.2, -0.15) is 0 Å². The first-order chi connectivity index (χ1) is 13.3. The summed E-state index contributed by atoms with van der Waals surface area (Å²) < 4.78 is 37.7. The molecule has 150 valence electrons. The largest absolute Gasteiger partial charge is 0.497 e. The Balaban J connectivity index is 2.08. The molecule has 0 spiro atoms. The van der Waals surface area contributed by atoms with Gasteiger partial charge < -0.3 is 15.2 Å². The summed E-state index contributed by atoms with van der Waals surface area (Å²) in [6.07, 6.45) is 0. The molecule has 0 amide bonds. The van der Waals surface area contributed by atoms with Crippen molar-refractivity contribution in [2.75, 3.05) is 20.3 Å². The monoisotopic (exact) mass is 439 g/mol. The van der Waals surface area contributed by atoms with E-state index in [1.165, 1.54) is 12.1 Å². The van der Waals surface area contributed by atoms with Crippen molar-refractivity contribution in [2.24, 2.45) is 11.1 Å². The molecule has 2 N–H and O–H groups in total. The van der Waals surface area contributed by atoms with Gasteiger partial charge in [-0.25, -0.2) is 8.42 Å². The van der Waals surface area contributed by atoms with E-state index in [9.17, 15) is 8.42 Å². The van der Waals surface area contributed by atoms with E-state index in [0.29, 0.717) is 17.4 Å². The number of rotatable bonds is 8. The molecule has 3 rings (SSSR count). The third kappa shape index (κ3) is 3.52. The lowest BCUT2D eigenvalue weighted by atomic mass is 10.00. The summed E-state index contributed by atoms with van der Waals surface area (Å²) in [6, 6.07) is 13.4. The van der Waals surface area contributed by atoms with E-state index in [1.807, 2.05) is 19.1 Å². The van der Waals surface area contributed by atoms with Crippen molar-refractivity contribution in [3.8, 4) is 5.75 Å². The zero-order valence-corrected chi connectivity index (χ0v) is 18.0. The topological polar surface area (TPSA) is 78.6 Å². The Kier molecular flexibility index (Phi) is 6.00. The van der Waals surface area contributed by atoms with Crippen LogP contribution in [0.5, 0.6) is 5.75 Å². The Hall–Kier alpha value is -1.67. The van der Waals surface area contributed by atoms with E-state index in [2.05, 4.69) is 0 Å². The van der Waals surface area contributed by atoms with Crippen molar-refractivity contribution < 1.29 is 17.9 Å². The van der Waals surface area contributed by atoms with Crippen LogP contribution in [0.1, 0.15) is 18.4 Å². The van der Waals surface area contributed by atoms with Gasteiger partial charge in [0.25, 0.3) is 0 Å². The fourth-order valence-corrected chi connectivity index (χ4v) is 6.62. The lowest BCUT2D eigenvalue weighted by Gasteiger charge is -2.17. The highest BCUT2D eigenvalue weighted by Crippen LogP contribution is 2.64. The normalized spacial score (nSPS) is 24.0. The van der Waals surface area contributed by atoms with Crippen molar-refractivity contribution in [1.82, 2.24) is 0 Å². The first-order valence-corrected chi connectivity index (χ1v) is 11.1. The van der Waals surface area contributed by atoms with E-state index in [4.69, 9.17) is 39.0 Å². The minimum absolute atomic E-state index is 0.143. The second kappa shape index (κ2) is 7.99. The SMILES string of the molecule is CCOC[C@]1(C(N)=S)[C@H](c2ccc(OC)cc2)[C@@H]1S(=O)(=O)c1ccc(Cl)cc1. The number of methoxy groups -OCH3 is 1. The molecule has 5 nitrogen and oxygen atoms in total. The second-order valence-electron chi connectivity index (χ2n) is 6.71. The molecule has 0 saturated heterocycles. The Bertz CT molecular complexity index is 961. The minimum atomic E-state index is -3.72. The Morgan fingerprint density at radius 1 is 1.18 bits per heavy atom. The molecule has 8 heteroatoms. The Labute approximate surface area is 175 Å². The van der Waals surface area contributed by atoms with Gasteiger partial charge in [-0.15, -0.1) is 0 Å². The van der Waals surface area contributed by atoms with Gasteiger partial charge in [0.2, 0.25) is 0 Å². The predicted molar refractivity (Wildman–Crippen MR) is 114 cm³/mol. The molecule has 0 unspecified atom stereocenters. The van der Waals surface area contributed by atoms with Crippen LogP contribution in [-0.2, 0) is 14.6 Å². The average Bonchev–Trinajstić information content (AvgIpc) is 3.38. The van der Waals surface area contributed by atoms with Gasteiger partial charge in [0.1, 0.15) is 5.75 Å². The maximum atomic E-state index is 13.5. The number of benzene rings is 2. The lowest BCUT2D eigenvalue weighted by Crippen LogP contribution is -2.33. The van der Waals surface area contributed by atoms with E-state index in [1.54, 1.807) is 31.4 Å². The highest BCUT2D eigenvalue weighted by Gasteiger charge is 2.73. The van der Waals surface area contributed by atoms with Crippen LogP contribution in [0.2, 0.25) is 5.02 Å². The molecular formula is C20H22ClNO4S2. The molecule has 3 atom stereocenters. The smallest absolute Gasteiger partial charge is 0.182 e. The number of thiocarbonyl (C=S) groups is 1. The highest BCUT2D eigenvalue weighted by molar-refractivity contribution is 7.92. The van der Waals surface area contributed by atoms with E-state index in [-0.39, 0.29) is 16.5 Å². The number of hydrogen-bond acceptors (Lipinski definition) is 5. The van der Waals surface area contributed by atoms with Crippen LogP contribution in [0, 0.1) is 5.41 Å². The standard InChI is InChI=1S/C20H22ClNO4S2/c1-3-26-12-20(19(22)27)17(13-4-8-15(25-2)9-5-13)18(20)28(23,24)16-10-6-14(21)7-11-16/h4-11,17-18H,3,12H2,1-2H3,(H2,22,27)/t17-,18+,20+/m1/s1. The van der Waals surface area contributed by atoms with Gasteiger partial charge in [-0.1, -0.05) is 36.0 Å². The second-order valence-corrected chi connectivity index (χ2v) is 9.66. The Morgan fingerprint density at radius 3 is 2.29 bits per heavy atom. The summed E-state index contributed by atoms with van der Waals surface area (Å²) in [5, 5.41) is -0.338. The van der Waals surface area contributed by atoms with Crippen molar-refractivity contribution in [2.45, 2.75) is 23.0 Å². The molecule has 1 fully saturated rings. The third-order valence-electron chi connectivity index (χ3n) is 5.21. The summed E-state index contributed by atoms with van der Waals surface area (Å²) in [5.74, 6) is 0.287. The number of sulfone groups is 1. The molecule has 0 bridgehead atoms. The predicted octanol–water partition coefficient (Wildman–Crippen LogP) is 3.60. The van der Waals surface area contributed by atoms with Crippen LogP contribution in [0.3, 0.4) is 0 Å². The van der Waals surface area contributed by atoms with E-state index >= 15 is 0 Å². The fourth-order valence-electron chi connectivity index (χ4n) is 3.72. The first-order valence-electron chi connectivity index (χ1n) is 8.80. The number of ether oxygens (including phenoxy) is 2. The molecule has 1 aliphatic carbocycles. The van der Waals surface area contributed by atoms with Crippen molar-refractivity contribution >= 4 is 38.6 Å². The molecule has 2 aromatic rings. The van der Waals surface area contributed by atoms with Crippen LogP contribution in [-0.4, -0.2) is 39.0 Å². The zero-order valence-electron chi connectivity index (χ0n) is 15.6. The zero-order chi connectivity index (χ0) is 20.5. The van der Waals surface area contributed by atoms with Gasteiger partial charge in [0, 0.05) is 17.5 Å². The quantitative estimate of drug-likeness (QED) is 0.633. The molecule has 0 radical (unpaired) electrons. The number of hydrogen-bond donors (Lipinski definition) is 1. The maximum absolute atomic E-state index is 13.5. The van der Waals surface area contributed by atoms with Gasteiger partial charge >= 0.3 is 0 Å². The van der Waals surface area contributed by atoms with Crippen molar-refractivity contribution in [3.63, 3.8) is 0 Å². The highest BCUT2D eigenvalue weighted by atomic mass is 35.5. The molecule has 1 saturated carbocycles. The van der Waals surface area contributed by atoms with E-state index < -0.39 is 26.4 Å². The summed E-state index contributed by atoms with van der Waals surface area (Å²) in [6.45, 7) is 2.43. The van der Waals surface area contributed by atoms with Crippen LogP contribution in [0.15, 0.2) is 53.4 Å². The van der Waals surface area contributed by atoms with Crippen LogP contribution in [0.25, 0.3) is 0 Å². The first kappa shape index (κ1) is 21.0. The molecule has 28 heavy (non-hydrogen) atoms. The summed E-state index contributed by atoms with van der Waals surface area (Å²) in [5.41, 5.74) is 5.96. The summed E-state index contributed by atoms with van der Waals surface area (Å²) in [4.78, 5) is 0.333. The average molecular weight is 440 g/mol. The summed E-state index contributed by atoms with van der Waals surface area (Å²) >= 11 is 11.3. The van der Waals surface area contributed by atoms with E-state index in [0.717, 1.165) is 5.56 Å². The van der Waals surface area contributed by atoms with Crippen LogP contribution >= 0.6 is 23.8 Å². The molecular weight excluding hydrogens is 418 g/mol. The van der Waals surface area contributed by atoms with Crippen LogP contribution < -0.4 is 10.5 Å². The summed E-state index contributed by atoms with van der Waals surface area (Å²) in [7, 11) is -2.14. The van der Waals surface area contributed by atoms with Gasteiger partial charge in [0.15, 0.2) is 9.84 Å². The molecule has 0 heterocycles. The molecule has 1 aliphatic rings. The number of halogens is 1. The number of nitrogens with two attached hydrogens (primary N) is 1. The molecule has 2 aromatic carbocycles. The van der Waals surface area contributed by atoms with Gasteiger partial charge in [-0.05, 0) is 48.9 Å². The van der Waals surface area contributed by atoms with Gasteiger partial charge in [0.05, 0.1) is 34.3 Å². The molecule has 0 aliphatic heterocycles. The van der Waals surface area contributed by atoms with Crippen molar-refractivity contribution in [1.29, 1.82) is 0 Å². The minimum Gasteiger partial charge on any atom is -0.497 e. The third-order valence-corrected chi connectivity index (χ3v) is 8.13. The molecule has 0 aromatic heterocycles. The fraction of sp³-hybridized carbons (Fsp3) is 0.350.